The van der Waals surface area contributed by atoms with Gasteiger partial charge in [0.2, 0.25) is 0 Å². The zero-order valence-electron chi connectivity index (χ0n) is 10.9. The standard InChI is InChI=1S/C18H14F2/c19-17(20)10-13-18(11-3-4-12-18)16-9-5-7-14-6-1-2-8-15(14)16/h1-9,13H,11-12H2. The van der Waals surface area contributed by atoms with Crippen LogP contribution in [0.3, 0.4) is 0 Å². The average molecular weight is 268 g/mol. The van der Waals surface area contributed by atoms with Crippen LogP contribution in [-0.2, 0) is 5.41 Å². The Balaban J connectivity index is 2.23. The Morgan fingerprint density at radius 3 is 2.45 bits per heavy atom. The molecule has 0 aliphatic heterocycles. The van der Waals surface area contributed by atoms with Crippen molar-refractivity contribution >= 4 is 10.8 Å². The minimum absolute atomic E-state index is 0.399. The van der Waals surface area contributed by atoms with Gasteiger partial charge in [0.25, 0.3) is 0 Å². The third kappa shape index (κ3) is 2.19. The van der Waals surface area contributed by atoms with Gasteiger partial charge in [-0.2, -0.15) is 8.78 Å². The first-order valence-electron chi connectivity index (χ1n) is 6.63. The van der Waals surface area contributed by atoms with Crippen LogP contribution in [-0.4, -0.2) is 0 Å². The van der Waals surface area contributed by atoms with E-state index in [0.717, 1.165) is 29.2 Å². The first-order valence-corrected chi connectivity index (χ1v) is 6.63. The van der Waals surface area contributed by atoms with E-state index in [1.165, 1.54) is 6.08 Å². The third-order valence-electron chi connectivity index (χ3n) is 3.91. The van der Waals surface area contributed by atoms with Gasteiger partial charge in [-0.3, -0.25) is 0 Å². The van der Waals surface area contributed by atoms with E-state index in [-0.39, 0.29) is 0 Å². The summed E-state index contributed by atoms with van der Waals surface area (Å²) in [6.07, 6.45) is 5.34. The molecule has 0 aromatic heterocycles. The Morgan fingerprint density at radius 1 is 1.00 bits per heavy atom. The zero-order valence-corrected chi connectivity index (χ0v) is 10.9. The number of benzene rings is 2. The molecule has 0 N–H and O–H groups in total. The van der Waals surface area contributed by atoms with Gasteiger partial charge in [0.1, 0.15) is 0 Å². The van der Waals surface area contributed by atoms with Gasteiger partial charge in [-0.15, -0.1) is 0 Å². The van der Waals surface area contributed by atoms with Gasteiger partial charge in [-0.05, 0) is 35.3 Å². The predicted octanol–water partition coefficient (Wildman–Crippen LogP) is 5.36. The van der Waals surface area contributed by atoms with Crippen LogP contribution in [0.1, 0.15) is 18.4 Å². The summed E-state index contributed by atoms with van der Waals surface area (Å²) in [7, 11) is 0. The maximum Gasteiger partial charge on any atom is 0.312 e. The number of hydrogen-bond acceptors (Lipinski definition) is 0. The molecule has 0 spiro atoms. The van der Waals surface area contributed by atoms with Gasteiger partial charge in [0.05, 0.1) is 0 Å². The largest absolute Gasteiger partial charge is 0.312 e. The fourth-order valence-electron chi connectivity index (χ4n) is 2.94. The van der Waals surface area contributed by atoms with E-state index in [1.54, 1.807) is 0 Å². The molecule has 0 saturated carbocycles. The highest BCUT2D eigenvalue weighted by atomic mass is 19.3. The van der Waals surface area contributed by atoms with E-state index >= 15 is 0 Å². The van der Waals surface area contributed by atoms with Crippen molar-refractivity contribution in [1.82, 2.24) is 0 Å². The maximum absolute atomic E-state index is 12.4. The molecule has 2 aromatic carbocycles. The van der Waals surface area contributed by atoms with Crippen molar-refractivity contribution in [2.45, 2.75) is 18.3 Å². The first kappa shape index (κ1) is 12.8. The van der Waals surface area contributed by atoms with Gasteiger partial charge in [0, 0.05) is 5.41 Å². The topological polar surface area (TPSA) is 0 Å². The van der Waals surface area contributed by atoms with Crippen LogP contribution < -0.4 is 0 Å². The fraction of sp³-hybridized carbons (Fsp3) is 0.167. The summed E-state index contributed by atoms with van der Waals surface area (Å²) in [6, 6.07) is 14.1. The van der Waals surface area contributed by atoms with E-state index < -0.39 is 11.5 Å². The van der Waals surface area contributed by atoms with E-state index in [2.05, 4.69) is 17.9 Å². The molecule has 2 heteroatoms. The maximum atomic E-state index is 12.4. The summed E-state index contributed by atoms with van der Waals surface area (Å²) in [5.74, 6) is 0. The molecule has 20 heavy (non-hydrogen) atoms. The Labute approximate surface area is 116 Å². The number of hydrogen-bond donors (Lipinski definition) is 0. The summed E-state index contributed by atoms with van der Waals surface area (Å²) in [6.45, 7) is 0. The lowest BCUT2D eigenvalue weighted by Gasteiger charge is -2.26. The summed E-state index contributed by atoms with van der Waals surface area (Å²) in [5.41, 5.74) is 2.80. The average Bonchev–Trinajstić information content (AvgIpc) is 2.94. The molecule has 0 unspecified atom stereocenters. The van der Waals surface area contributed by atoms with Gasteiger partial charge >= 0.3 is 6.08 Å². The molecule has 0 fully saturated rings. The zero-order chi connectivity index (χ0) is 14.0. The molecule has 0 radical (unpaired) electrons. The minimum Gasteiger partial charge on any atom is -0.164 e. The number of halogens is 2. The van der Waals surface area contributed by atoms with Crippen LogP contribution in [0.2, 0.25) is 0 Å². The number of rotatable bonds is 2. The second kappa shape index (κ2) is 5.07. The van der Waals surface area contributed by atoms with Crippen molar-refractivity contribution in [3.05, 3.63) is 78.1 Å². The molecule has 0 amide bonds. The summed E-state index contributed by atoms with van der Waals surface area (Å²) < 4.78 is 24.9. The monoisotopic (exact) mass is 268 g/mol. The smallest absolute Gasteiger partial charge is 0.164 e. The Morgan fingerprint density at radius 2 is 1.70 bits per heavy atom. The first-order chi connectivity index (χ1) is 9.71. The van der Waals surface area contributed by atoms with Crippen molar-refractivity contribution in [3.63, 3.8) is 0 Å². The Hall–Kier alpha value is -2.18. The van der Waals surface area contributed by atoms with E-state index in [9.17, 15) is 8.78 Å². The molecule has 3 rings (SSSR count). The molecule has 0 heterocycles. The van der Waals surface area contributed by atoms with E-state index in [0.29, 0.717) is 0 Å². The lowest BCUT2D eigenvalue weighted by atomic mass is 9.76. The normalized spacial score (nSPS) is 16.1. The van der Waals surface area contributed by atoms with Gasteiger partial charge in [-0.1, -0.05) is 60.3 Å². The molecule has 1 aliphatic rings. The van der Waals surface area contributed by atoms with E-state index in [1.807, 2.05) is 42.5 Å². The van der Waals surface area contributed by atoms with Crippen molar-refractivity contribution in [1.29, 1.82) is 0 Å². The van der Waals surface area contributed by atoms with Crippen LogP contribution in [0.15, 0.2) is 72.5 Å². The van der Waals surface area contributed by atoms with Crippen molar-refractivity contribution in [2.75, 3.05) is 0 Å². The number of fused-ring (bicyclic) bond motifs is 1. The Kier molecular flexibility index (Phi) is 3.25. The van der Waals surface area contributed by atoms with Crippen molar-refractivity contribution in [3.8, 4) is 0 Å². The number of allylic oxidation sites excluding steroid dienone is 3. The molecule has 0 bridgehead atoms. The minimum atomic E-state index is -1.77. The van der Waals surface area contributed by atoms with Crippen molar-refractivity contribution < 1.29 is 8.78 Å². The van der Waals surface area contributed by atoms with Gasteiger partial charge < -0.3 is 0 Å². The molecule has 0 nitrogen and oxygen atoms in total. The van der Waals surface area contributed by atoms with Crippen LogP contribution >= 0.6 is 0 Å². The molecule has 1 aliphatic carbocycles. The van der Waals surface area contributed by atoms with Crippen LogP contribution in [0, 0.1) is 0 Å². The predicted molar refractivity (Wildman–Crippen MR) is 77.8 cm³/mol. The second-order valence-electron chi connectivity index (χ2n) is 5.11. The van der Waals surface area contributed by atoms with Crippen LogP contribution in [0.25, 0.3) is 10.8 Å². The van der Waals surface area contributed by atoms with Crippen LogP contribution in [0.5, 0.6) is 0 Å². The van der Waals surface area contributed by atoms with Crippen LogP contribution in [0.4, 0.5) is 8.78 Å². The molecule has 2 aromatic rings. The van der Waals surface area contributed by atoms with Crippen molar-refractivity contribution in [2.24, 2.45) is 0 Å². The molecular formula is C18H14F2. The fourth-order valence-corrected chi connectivity index (χ4v) is 2.94. The molecule has 0 atom stereocenters. The third-order valence-corrected chi connectivity index (χ3v) is 3.91. The summed E-state index contributed by atoms with van der Waals surface area (Å²) in [4.78, 5) is 0. The highest BCUT2D eigenvalue weighted by Crippen LogP contribution is 2.41. The Bertz CT molecular complexity index is 717. The second-order valence-corrected chi connectivity index (χ2v) is 5.11. The molecular weight excluding hydrogens is 254 g/mol. The molecule has 100 valence electrons. The quantitative estimate of drug-likeness (QED) is 0.508. The lowest BCUT2D eigenvalue weighted by Crippen LogP contribution is -2.19. The summed E-state index contributed by atoms with van der Waals surface area (Å²) in [5, 5.41) is 2.25. The molecule has 0 saturated heterocycles. The SMILES string of the molecule is FC(F)=C=CC1(c2cccc3ccccc23)CC=CC1. The highest BCUT2D eigenvalue weighted by Gasteiger charge is 2.31. The summed E-state index contributed by atoms with van der Waals surface area (Å²) >= 11 is 0. The van der Waals surface area contributed by atoms with Gasteiger partial charge in [0.15, 0.2) is 0 Å². The van der Waals surface area contributed by atoms with E-state index in [4.69, 9.17) is 0 Å². The van der Waals surface area contributed by atoms with Gasteiger partial charge in [-0.25, -0.2) is 0 Å². The lowest BCUT2D eigenvalue weighted by molar-refractivity contribution is 0.422. The highest BCUT2D eigenvalue weighted by molar-refractivity contribution is 5.87.